The molecule has 0 aromatic heterocycles. The first-order valence-electron chi connectivity index (χ1n) is 10.4. The Morgan fingerprint density at radius 2 is 1.79 bits per heavy atom. The Labute approximate surface area is 189 Å². The molecule has 1 aliphatic heterocycles. The summed E-state index contributed by atoms with van der Waals surface area (Å²) in [5.41, 5.74) is -0.722. The van der Waals surface area contributed by atoms with Gasteiger partial charge in [-0.05, 0) is 37.3 Å². The van der Waals surface area contributed by atoms with Crippen molar-refractivity contribution in [3.63, 3.8) is 0 Å². The fourth-order valence-corrected chi connectivity index (χ4v) is 5.43. The number of benzene rings is 2. The molecule has 33 heavy (non-hydrogen) atoms. The molecule has 2 unspecified atom stereocenters. The third-order valence-corrected chi connectivity index (χ3v) is 7.71. The van der Waals surface area contributed by atoms with Gasteiger partial charge in [-0.3, -0.25) is 4.79 Å². The van der Waals surface area contributed by atoms with Crippen molar-refractivity contribution in [1.82, 2.24) is 4.31 Å². The number of nitrogens with zero attached hydrogens (tertiary/aromatic N) is 1. The molecule has 3 rings (SSSR count). The van der Waals surface area contributed by atoms with Crippen molar-refractivity contribution in [2.45, 2.75) is 43.9 Å². The van der Waals surface area contributed by atoms with Gasteiger partial charge in [0.1, 0.15) is 6.67 Å². The summed E-state index contributed by atoms with van der Waals surface area (Å²) in [6.07, 6.45) is 0.672. The fourth-order valence-electron chi connectivity index (χ4n) is 3.71. The summed E-state index contributed by atoms with van der Waals surface area (Å²) in [5.74, 6) is -5.59. The molecule has 1 fully saturated rings. The molecule has 0 radical (unpaired) electrons. The average Bonchev–Trinajstić information content (AvgIpc) is 2.77. The van der Waals surface area contributed by atoms with Gasteiger partial charge < -0.3 is 10.4 Å². The maximum absolute atomic E-state index is 13.6. The van der Waals surface area contributed by atoms with E-state index in [-0.39, 0.29) is 42.2 Å². The Bertz CT molecular complexity index is 1120. The SMILES string of the molecule is CC1CCCN(S(=O)(=O)c2cc(C(=O)Nc3cc(F)c(F)c(F)c3)ccc2CF)CCC1O. The molecule has 2 aromatic carbocycles. The van der Waals surface area contributed by atoms with Crippen LogP contribution in [-0.4, -0.2) is 42.9 Å². The molecule has 11 heteroatoms. The van der Waals surface area contributed by atoms with Crippen molar-refractivity contribution in [3.8, 4) is 0 Å². The summed E-state index contributed by atoms with van der Waals surface area (Å²) in [6, 6.07) is 4.48. The summed E-state index contributed by atoms with van der Waals surface area (Å²) in [7, 11) is -4.20. The fraction of sp³-hybridized carbons (Fsp3) is 0.409. The molecule has 0 spiro atoms. The van der Waals surface area contributed by atoms with Crippen LogP contribution in [0.4, 0.5) is 23.2 Å². The molecule has 1 heterocycles. The first-order chi connectivity index (χ1) is 15.5. The van der Waals surface area contributed by atoms with Crippen molar-refractivity contribution in [1.29, 1.82) is 0 Å². The molecular weight excluding hydrogens is 464 g/mol. The molecule has 0 aliphatic carbocycles. The predicted octanol–water partition coefficient (Wildman–Crippen LogP) is 4.00. The summed E-state index contributed by atoms with van der Waals surface area (Å²) in [6.45, 7) is 0.995. The lowest BCUT2D eigenvalue weighted by atomic mass is 9.95. The van der Waals surface area contributed by atoms with Gasteiger partial charge in [0, 0.05) is 42.0 Å². The van der Waals surface area contributed by atoms with Crippen molar-refractivity contribution in [2.75, 3.05) is 18.4 Å². The second kappa shape index (κ2) is 10.2. The Kier molecular flexibility index (Phi) is 7.76. The van der Waals surface area contributed by atoms with E-state index < -0.39 is 51.1 Å². The van der Waals surface area contributed by atoms with Crippen LogP contribution in [0.25, 0.3) is 0 Å². The minimum atomic E-state index is -4.20. The largest absolute Gasteiger partial charge is 0.393 e. The molecule has 1 amide bonds. The van der Waals surface area contributed by atoms with Crippen LogP contribution < -0.4 is 5.32 Å². The highest BCUT2D eigenvalue weighted by molar-refractivity contribution is 7.89. The number of hydrogen-bond donors (Lipinski definition) is 2. The van der Waals surface area contributed by atoms with Gasteiger partial charge >= 0.3 is 0 Å². The van der Waals surface area contributed by atoms with Gasteiger partial charge in [0.2, 0.25) is 10.0 Å². The zero-order valence-corrected chi connectivity index (χ0v) is 18.6. The van der Waals surface area contributed by atoms with Gasteiger partial charge in [0.05, 0.1) is 11.0 Å². The van der Waals surface area contributed by atoms with Crippen LogP contribution in [0.15, 0.2) is 35.2 Å². The van der Waals surface area contributed by atoms with Crippen LogP contribution in [0, 0.1) is 23.4 Å². The monoisotopic (exact) mass is 488 g/mol. The van der Waals surface area contributed by atoms with E-state index in [4.69, 9.17) is 0 Å². The highest BCUT2D eigenvalue weighted by atomic mass is 32.2. The van der Waals surface area contributed by atoms with Crippen molar-refractivity contribution in [2.24, 2.45) is 5.92 Å². The van der Waals surface area contributed by atoms with Gasteiger partial charge in [0.25, 0.3) is 5.91 Å². The second-order valence-corrected chi connectivity index (χ2v) is 9.95. The van der Waals surface area contributed by atoms with Gasteiger partial charge in [0.15, 0.2) is 17.5 Å². The number of anilines is 1. The molecule has 6 nitrogen and oxygen atoms in total. The van der Waals surface area contributed by atoms with Crippen molar-refractivity contribution < 1.29 is 35.9 Å². The third kappa shape index (κ3) is 5.53. The molecule has 180 valence electrons. The number of aliphatic hydroxyl groups is 1. The van der Waals surface area contributed by atoms with E-state index in [9.17, 15) is 35.9 Å². The summed E-state index contributed by atoms with van der Waals surface area (Å²) in [5, 5.41) is 12.3. The van der Waals surface area contributed by atoms with E-state index in [1.807, 2.05) is 6.92 Å². The Morgan fingerprint density at radius 1 is 1.12 bits per heavy atom. The van der Waals surface area contributed by atoms with E-state index >= 15 is 0 Å². The lowest BCUT2D eigenvalue weighted by Crippen LogP contribution is -2.38. The lowest BCUT2D eigenvalue weighted by molar-refractivity contribution is 0.0863. The van der Waals surface area contributed by atoms with Crippen LogP contribution in [0.5, 0.6) is 0 Å². The summed E-state index contributed by atoms with van der Waals surface area (Å²) >= 11 is 0. The smallest absolute Gasteiger partial charge is 0.255 e. The zero-order valence-electron chi connectivity index (χ0n) is 17.8. The first-order valence-corrected chi connectivity index (χ1v) is 11.8. The number of sulfonamides is 1. The molecule has 0 bridgehead atoms. The minimum absolute atomic E-state index is 0.0319. The number of amides is 1. The van der Waals surface area contributed by atoms with Crippen LogP contribution in [-0.2, 0) is 16.7 Å². The minimum Gasteiger partial charge on any atom is -0.393 e. The zero-order chi connectivity index (χ0) is 24.3. The first kappa shape index (κ1) is 25.1. The highest BCUT2D eigenvalue weighted by Crippen LogP contribution is 2.27. The number of rotatable bonds is 5. The molecule has 2 atom stereocenters. The maximum Gasteiger partial charge on any atom is 0.255 e. The normalized spacial score (nSPS) is 20.2. The van der Waals surface area contributed by atoms with E-state index in [1.165, 1.54) is 6.07 Å². The number of carbonyl (C=O) groups excluding carboxylic acids is 1. The Balaban J connectivity index is 1.90. The van der Waals surface area contributed by atoms with Crippen LogP contribution in [0.2, 0.25) is 0 Å². The van der Waals surface area contributed by atoms with Gasteiger partial charge in [-0.2, -0.15) is 4.31 Å². The number of hydrogen-bond acceptors (Lipinski definition) is 4. The lowest BCUT2D eigenvalue weighted by Gasteiger charge is -2.29. The second-order valence-electron chi connectivity index (χ2n) is 8.04. The summed E-state index contributed by atoms with van der Waals surface area (Å²) < 4.78 is 81.3. The summed E-state index contributed by atoms with van der Waals surface area (Å²) in [4.78, 5) is 12.2. The molecule has 1 saturated heterocycles. The van der Waals surface area contributed by atoms with E-state index in [0.717, 1.165) is 16.4 Å². The van der Waals surface area contributed by atoms with Crippen LogP contribution in [0.3, 0.4) is 0 Å². The maximum atomic E-state index is 13.6. The van der Waals surface area contributed by atoms with E-state index in [0.29, 0.717) is 25.0 Å². The van der Waals surface area contributed by atoms with Gasteiger partial charge in [-0.1, -0.05) is 13.0 Å². The Morgan fingerprint density at radius 3 is 2.42 bits per heavy atom. The number of carbonyl (C=O) groups is 1. The topological polar surface area (TPSA) is 86.7 Å². The predicted molar refractivity (Wildman–Crippen MR) is 113 cm³/mol. The van der Waals surface area contributed by atoms with Gasteiger partial charge in [-0.25, -0.2) is 26.0 Å². The molecule has 1 aliphatic rings. The third-order valence-electron chi connectivity index (χ3n) is 5.73. The quantitative estimate of drug-likeness (QED) is 0.492. The van der Waals surface area contributed by atoms with E-state index in [2.05, 4.69) is 5.32 Å². The molecule has 0 saturated carbocycles. The van der Waals surface area contributed by atoms with Crippen LogP contribution >= 0.6 is 0 Å². The standard InChI is InChI=1S/C22H24F4N2O4S/c1-13-3-2-7-28(8-6-19(13)29)33(31,32)20-9-14(4-5-15(20)12-23)22(30)27-16-10-17(24)21(26)18(25)11-16/h4-5,9-11,13,19,29H,2-3,6-8,12H2,1H3,(H,27,30). The van der Waals surface area contributed by atoms with Crippen molar-refractivity contribution >= 4 is 21.6 Å². The Hall–Kier alpha value is -2.50. The number of alkyl halides is 1. The molecule has 2 N–H and O–H groups in total. The average molecular weight is 489 g/mol. The highest BCUT2D eigenvalue weighted by Gasteiger charge is 2.30. The van der Waals surface area contributed by atoms with E-state index in [1.54, 1.807) is 0 Å². The molecular formula is C22H24F4N2O4S. The van der Waals surface area contributed by atoms with Crippen LogP contribution in [0.1, 0.15) is 42.1 Å². The molecule has 2 aromatic rings. The number of nitrogens with one attached hydrogen (secondary N) is 1. The number of halogens is 4. The van der Waals surface area contributed by atoms with Gasteiger partial charge in [-0.15, -0.1) is 0 Å². The number of aliphatic hydroxyl groups excluding tert-OH is 1. The van der Waals surface area contributed by atoms with Crippen molar-refractivity contribution in [3.05, 3.63) is 58.9 Å².